The number of carbonyl (C=O) groups is 2. The Bertz CT molecular complexity index is 1080. The summed E-state index contributed by atoms with van der Waals surface area (Å²) in [6.45, 7) is 1.86. The summed E-state index contributed by atoms with van der Waals surface area (Å²) in [5, 5.41) is 2.99. The highest BCUT2D eigenvalue weighted by molar-refractivity contribution is 7.99. The summed E-state index contributed by atoms with van der Waals surface area (Å²) in [6.07, 6.45) is 5.32. The van der Waals surface area contributed by atoms with E-state index in [0.29, 0.717) is 40.1 Å². The van der Waals surface area contributed by atoms with E-state index in [1.165, 1.54) is 11.8 Å². The lowest BCUT2D eigenvalue weighted by Crippen LogP contribution is -2.31. The monoisotopic (exact) mass is 428 g/mol. The number of anilines is 1. The minimum absolute atomic E-state index is 0.0711. The molecule has 2 aromatic rings. The van der Waals surface area contributed by atoms with Gasteiger partial charge in [-0.3, -0.25) is 14.4 Å². The number of thioether (sulfide) groups is 1. The summed E-state index contributed by atoms with van der Waals surface area (Å²) >= 11 is 1.20. The number of H-pyrrole nitrogens is 1. The predicted molar refractivity (Wildman–Crippen MR) is 112 cm³/mol. The maximum absolute atomic E-state index is 12.8. The Hall–Kier alpha value is -3.45. The lowest BCUT2D eigenvalue weighted by molar-refractivity contribution is -0.120. The Balaban J connectivity index is 2.01. The third kappa shape index (κ3) is 4.75. The van der Waals surface area contributed by atoms with Crippen molar-refractivity contribution >= 4 is 29.4 Å². The molecule has 0 aliphatic carbocycles. The normalized spacial score (nSPS) is 14.9. The molecule has 10 heteroatoms. The molecule has 30 heavy (non-hydrogen) atoms. The molecule has 0 fully saturated rings. The zero-order chi connectivity index (χ0) is 21.7. The van der Waals surface area contributed by atoms with Crippen LogP contribution in [-0.4, -0.2) is 40.7 Å². The molecule has 4 N–H and O–H groups in total. The van der Waals surface area contributed by atoms with Crippen molar-refractivity contribution in [2.75, 3.05) is 24.3 Å². The standard InChI is InChI=1S/C20H20N4O5S/c1-3-7-30-20-23-18-17(19(27)24-20)12(9-16(26)22-18)11-5-6-13(29-10-15(21)25)14(8-11)28-4-2/h1,5-6,8,12H,4,7,9-10H2,2H3,(H2,21,25)(H2,22,23,24,26,27). The number of rotatable bonds is 8. The summed E-state index contributed by atoms with van der Waals surface area (Å²) in [5.74, 6) is 2.33. The van der Waals surface area contributed by atoms with Crippen LogP contribution in [0.15, 0.2) is 28.2 Å². The Labute approximate surface area is 176 Å². The number of aromatic nitrogens is 2. The second-order valence-electron chi connectivity index (χ2n) is 6.33. The van der Waals surface area contributed by atoms with Crippen LogP contribution in [0.3, 0.4) is 0 Å². The highest BCUT2D eigenvalue weighted by atomic mass is 32.2. The zero-order valence-electron chi connectivity index (χ0n) is 16.2. The van der Waals surface area contributed by atoms with E-state index in [1.807, 2.05) is 0 Å². The van der Waals surface area contributed by atoms with Gasteiger partial charge in [0, 0.05) is 12.3 Å². The number of fused-ring (bicyclic) bond motifs is 1. The van der Waals surface area contributed by atoms with E-state index in [9.17, 15) is 14.4 Å². The van der Waals surface area contributed by atoms with Crippen molar-refractivity contribution < 1.29 is 19.1 Å². The summed E-state index contributed by atoms with van der Waals surface area (Å²) in [5.41, 5.74) is 5.81. The highest BCUT2D eigenvalue weighted by Gasteiger charge is 2.31. The third-order valence-corrected chi connectivity index (χ3v) is 5.04. The molecule has 156 valence electrons. The molecule has 9 nitrogen and oxygen atoms in total. The van der Waals surface area contributed by atoms with Gasteiger partial charge in [0.15, 0.2) is 23.3 Å². The second-order valence-corrected chi connectivity index (χ2v) is 7.29. The SMILES string of the molecule is C#CCSc1nc2c(c(=O)[nH]1)C(c1ccc(OCC(N)=O)c(OCC)c1)CC(=O)N2. The first-order valence-electron chi connectivity index (χ1n) is 9.11. The van der Waals surface area contributed by atoms with E-state index in [0.717, 1.165) is 0 Å². The Morgan fingerprint density at radius 1 is 1.37 bits per heavy atom. The number of nitrogens with zero attached hydrogens (tertiary/aromatic N) is 1. The first-order valence-corrected chi connectivity index (χ1v) is 10.1. The number of benzene rings is 1. The van der Waals surface area contributed by atoms with Gasteiger partial charge in [-0.1, -0.05) is 23.7 Å². The van der Waals surface area contributed by atoms with Gasteiger partial charge in [0.05, 0.1) is 17.9 Å². The van der Waals surface area contributed by atoms with E-state index >= 15 is 0 Å². The number of carbonyl (C=O) groups excluding carboxylic acids is 2. The van der Waals surface area contributed by atoms with Crippen LogP contribution in [0.2, 0.25) is 0 Å². The Morgan fingerprint density at radius 3 is 2.87 bits per heavy atom. The largest absolute Gasteiger partial charge is 0.490 e. The van der Waals surface area contributed by atoms with Crippen LogP contribution in [0.5, 0.6) is 11.5 Å². The number of aromatic amines is 1. The van der Waals surface area contributed by atoms with Crippen LogP contribution in [-0.2, 0) is 9.59 Å². The molecule has 1 atom stereocenters. The van der Waals surface area contributed by atoms with E-state index in [2.05, 4.69) is 21.2 Å². The van der Waals surface area contributed by atoms with Gasteiger partial charge < -0.3 is 25.5 Å². The highest BCUT2D eigenvalue weighted by Crippen LogP contribution is 2.38. The molecule has 3 rings (SSSR count). The van der Waals surface area contributed by atoms with Crippen molar-refractivity contribution in [2.45, 2.75) is 24.4 Å². The first kappa shape index (κ1) is 21.3. The molecule has 0 saturated heterocycles. The fourth-order valence-electron chi connectivity index (χ4n) is 3.09. The molecular formula is C20H20N4O5S. The number of nitrogens with two attached hydrogens (primary N) is 1. The van der Waals surface area contributed by atoms with Gasteiger partial charge in [-0.05, 0) is 24.6 Å². The maximum atomic E-state index is 12.8. The molecule has 1 aliphatic heterocycles. The number of amides is 2. The fourth-order valence-corrected chi connectivity index (χ4v) is 3.63. The summed E-state index contributed by atoms with van der Waals surface area (Å²) in [4.78, 5) is 43.1. The molecule has 1 unspecified atom stereocenters. The zero-order valence-corrected chi connectivity index (χ0v) is 17.0. The molecular weight excluding hydrogens is 408 g/mol. The van der Waals surface area contributed by atoms with E-state index in [-0.39, 0.29) is 30.3 Å². The van der Waals surface area contributed by atoms with E-state index in [1.54, 1.807) is 25.1 Å². The minimum atomic E-state index is -0.615. The van der Waals surface area contributed by atoms with Crippen LogP contribution in [0, 0.1) is 12.3 Å². The first-order chi connectivity index (χ1) is 14.4. The van der Waals surface area contributed by atoms with Gasteiger partial charge in [-0.15, -0.1) is 6.42 Å². The quantitative estimate of drug-likeness (QED) is 0.327. The molecule has 0 saturated carbocycles. The van der Waals surface area contributed by atoms with Crippen molar-refractivity contribution in [3.05, 3.63) is 39.7 Å². The molecule has 0 bridgehead atoms. The van der Waals surface area contributed by atoms with Gasteiger partial charge in [0.1, 0.15) is 5.82 Å². The minimum Gasteiger partial charge on any atom is -0.490 e. The van der Waals surface area contributed by atoms with Crippen LogP contribution in [0.4, 0.5) is 5.82 Å². The molecule has 2 heterocycles. The number of primary amides is 1. The van der Waals surface area contributed by atoms with E-state index < -0.39 is 11.8 Å². The van der Waals surface area contributed by atoms with Crippen molar-refractivity contribution in [3.63, 3.8) is 0 Å². The molecule has 1 aliphatic rings. The van der Waals surface area contributed by atoms with Crippen LogP contribution in [0.25, 0.3) is 0 Å². The molecule has 0 radical (unpaired) electrons. The number of hydrogen-bond donors (Lipinski definition) is 3. The second kappa shape index (κ2) is 9.37. The number of terminal acetylenes is 1. The van der Waals surface area contributed by atoms with Gasteiger partial charge >= 0.3 is 0 Å². The molecule has 0 spiro atoms. The average Bonchev–Trinajstić information content (AvgIpc) is 2.70. The number of hydrogen-bond acceptors (Lipinski definition) is 7. The Morgan fingerprint density at radius 2 is 2.17 bits per heavy atom. The van der Waals surface area contributed by atoms with Gasteiger partial charge in [0.25, 0.3) is 11.5 Å². The topological polar surface area (TPSA) is 136 Å². The predicted octanol–water partition coefficient (Wildman–Crippen LogP) is 1.23. The summed E-state index contributed by atoms with van der Waals surface area (Å²) in [6, 6.07) is 5.02. The fraction of sp³-hybridized carbons (Fsp3) is 0.300. The summed E-state index contributed by atoms with van der Waals surface area (Å²) < 4.78 is 11.0. The third-order valence-electron chi connectivity index (χ3n) is 4.26. The lowest BCUT2D eigenvalue weighted by atomic mass is 9.86. The summed E-state index contributed by atoms with van der Waals surface area (Å²) in [7, 11) is 0. The van der Waals surface area contributed by atoms with E-state index in [4.69, 9.17) is 21.6 Å². The molecule has 1 aromatic carbocycles. The van der Waals surface area contributed by atoms with Crippen molar-refractivity contribution in [1.29, 1.82) is 0 Å². The average molecular weight is 428 g/mol. The smallest absolute Gasteiger partial charge is 0.257 e. The van der Waals surface area contributed by atoms with Crippen molar-refractivity contribution in [3.8, 4) is 23.8 Å². The molecule has 1 aromatic heterocycles. The van der Waals surface area contributed by atoms with Crippen LogP contribution < -0.4 is 26.1 Å². The van der Waals surface area contributed by atoms with Crippen LogP contribution in [0.1, 0.15) is 30.4 Å². The van der Waals surface area contributed by atoms with Gasteiger partial charge in [-0.25, -0.2) is 4.98 Å². The number of nitrogens with one attached hydrogen (secondary N) is 2. The van der Waals surface area contributed by atoms with Crippen molar-refractivity contribution in [2.24, 2.45) is 5.73 Å². The molecule has 2 amide bonds. The van der Waals surface area contributed by atoms with Gasteiger partial charge in [-0.2, -0.15) is 0 Å². The van der Waals surface area contributed by atoms with Crippen molar-refractivity contribution in [1.82, 2.24) is 9.97 Å². The number of ether oxygens (including phenoxy) is 2. The lowest BCUT2D eigenvalue weighted by Gasteiger charge is -2.25. The van der Waals surface area contributed by atoms with Crippen LogP contribution >= 0.6 is 11.8 Å². The Kier molecular flexibility index (Phi) is 6.64. The van der Waals surface area contributed by atoms with Gasteiger partial charge in [0.2, 0.25) is 5.91 Å². The maximum Gasteiger partial charge on any atom is 0.257 e.